The quantitative estimate of drug-likeness (QED) is 0.842. The molecule has 1 saturated carbocycles. The standard InChI is InChI=1S/C14H18Cl2N2O2/c1-18(8-14(20)4-2-3-5-14)13(19)9-6-10(15)12(17)11(16)7-9/h6-7,20H,2-5,8,17H2,1H3. The lowest BCUT2D eigenvalue weighted by Crippen LogP contribution is -2.42. The van der Waals surface area contributed by atoms with Gasteiger partial charge >= 0.3 is 0 Å². The lowest BCUT2D eigenvalue weighted by atomic mass is 10.0. The van der Waals surface area contributed by atoms with E-state index >= 15 is 0 Å². The number of aliphatic hydroxyl groups is 1. The molecule has 0 aromatic heterocycles. The fourth-order valence-corrected chi connectivity index (χ4v) is 3.12. The molecule has 0 spiro atoms. The minimum absolute atomic E-state index is 0.228. The van der Waals surface area contributed by atoms with Crippen molar-refractivity contribution in [1.82, 2.24) is 4.90 Å². The van der Waals surface area contributed by atoms with Crippen LogP contribution in [0, 0.1) is 0 Å². The van der Waals surface area contributed by atoms with Gasteiger partial charge in [-0.25, -0.2) is 0 Å². The normalized spacial score (nSPS) is 17.2. The zero-order valence-electron chi connectivity index (χ0n) is 11.3. The molecular formula is C14H18Cl2N2O2. The molecule has 1 amide bonds. The van der Waals surface area contributed by atoms with Crippen LogP contribution in [0.15, 0.2) is 12.1 Å². The topological polar surface area (TPSA) is 66.6 Å². The maximum Gasteiger partial charge on any atom is 0.253 e. The molecule has 0 atom stereocenters. The number of nitrogens with two attached hydrogens (primary N) is 1. The molecule has 4 nitrogen and oxygen atoms in total. The molecular weight excluding hydrogens is 299 g/mol. The Balaban J connectivity index is 2.14. The number of rotatable bonds is 3. The molecule has 1 aromatic carbocycles. The molecule has 1 aliphatic rings. The van der Waals surface area contributed by atoms with Crippen LogP contribution in [-0.2, 0) is 0 Å². The van der Waals surface area contributed by atoms with Crippen molar-refractivity contribution < 1.29 is 9.90 Å². The Morgan fingerprint density at radius 3 is 2.35 bits per heavy atom. The molecule has 110 valence electrons. The van der Waals surface area contributed by atoms with Crippen molar-refractivity contribution in [2.24, 2.45) is 0 Å². The second kappa shape index (κ2) is 5.80. The van der Waals surface area contributed by atoms with Gasteiger partial charge in [0.05, 0.1) is 21.3 Å². The second-order valence-electron chi connectivity index (χ2n) is 5.45. The summed E-state index contributed by atoms with van der Waals surface area (Å²) in [7, 11) is 1.66. The van der Waals surface area contributed by atoms with Crippen molar-refractivity contribution in [3.8, 4) is 0 Å². The molecule has 2 rings (SSSR count). The second-order valence-corrected chi connectivity index (χ2v) is 6.26. The van der Waals surface area contributed by atoms with Crippen LogP contribution < -0.4 is 5.73 Å². The number of nitrogens with zero attached hydrogens (tertiary/aromatic N) is 1. The number of benzene rings is 1. The molecule has 3 N–H and O–H groups in total. The summed E-state index contributed by atoms with van der Waals surface area (Å²) in [4.78, 5) is 13.9. The summed E-state index contributed by atoms with van der Waals surface area (Å²) in [6.45, 7) is 0.311. The fraction of sp³-hybridized carbons (Fsp3) is 0.500. The van der Waals surface area contributed by atoms with Gasteiger partial charge in [-0.05, 0) is 25.0 Å². The molecule has 0 heterocycles. The zero-order chi connectivity index (χ0) is 14.9. The van der Waals surface area contributed by atoms with Gasteiger partial charge in [0, 0.05) is 19.2 Å². The van der Waals surface area contributed by atoms with Crippen LogP contribution in [0.25, 0.3) is 0 Å². The summed E-state index contributed by atoms with van der Waals surface area (Å²) in [5, 5.41) is 10.9. The number of halogens is 2. The third kappa shape index (κ3) is 3.19. The first-order valence-corrected chi connectivity index (χ1v) is 7.30. The van der Waals surface area contributed by atoms with Crippen LogP contribution in [0.3, 0.4) is 0 Å². The van der Waals surface area contributed by atoms with E-state index in [-0.39, 0.29) is 21.6 Å². The van der Waals surface area contributed by atoms with Crippen molar-refractivity contribution in [3.63, 3.8) is 0 Å². The predicted molar refractivity (Wildman–Crippen MR) is 81.3 cm³/mol. The Bertz CT molecular complexity index is 505. The van der Waals surface area contributed by atoms with Crippen molar-refractivity contribution in [1.29, 1.82) is 0 Å². The first-order valence-electron chi connectivity index (χ1n) is 6.55. The molecule has 0 unspecified atom stereocenters. The van der Waals surface area contributed by atoms with Crippen molar-refractivity contribution in [2.45, 2.75) is 31.3 Å². The maximum absolute atomic E-state index is 12.3. The number of anilines is 1. The van der Waals surface area contributed by atoms with Crippen LogP contribution in [0.5, 0.6) is 0 Å². The number of likely N-dealkylation sites (N-methyl/N-ethyl adjacent to an activating group) is 1. The van der Waals surface area contributed by atoms with E-state index in [1.165, 1.54) is 17.0 Å². The third-order valence-corrected chi connectivity index (χ3v) is 4.36. The lowest BCUT2D eigenvalue weighted by Gasteiger charge is -2.28. The van der Waals surface area contributed by atoms with Gasteiger partial charge < -0.3 is 15.7 Å². The number of amides is 1. The Morgan fingerprint density at radius 2 is 1.85 bits per heavy atom. The van der Waals surface area contributed by atoms with Gasteiger partial charge in [-0.3, -0.25) is 4.79 Å². The summed E-state index contributed by atoms with van der Waals surface area (Å²) in [5.74, 6) is -0.228. The molecule has 0 aliphatic heterocycles. The first-order chi connectivity index (χ1) is 9.32. The van der Waals surface area contributed by atoms with Crippen LogP contribution in [0.1, 0.15) is 36.0 Å². The van der Waals surface area contributed by atoms with Gasteiger partial charge in [-0.2, -0.15) is 0 Å². The van der Waals surface area contributed by atoms with Gasteiger partial charge in [0.1, 0.15) is 0 Å². The molecule has 0 radical (unpaired) electrons. The minimum Gasteiger partial charge on any atom is -0.396 e. The van der Waals surface area contributed by atoms with E-state index in [1.54, 1.807) is 7.05 Å². The first kappa shape index (κ1) is 15.4. The van der Waals surface area contributed by atoms with E-state index in [9.17, 15) is 9.90 Å². The summed E-state index contributed by atoms with van der Waals surface area (Å²) in [5.41, 5.74) is 5.52. The average molecular weight is 317 g/mol. The highest BCUT2D eigenvalue weighted by Gasteiger charge is 2.33. The maximum atomic E-state index is 12.3. The molecule has 1 aliphatic carbocycles. The van der Waals surface area contributed by atoms with Gasteiger partial charge in [0.2, 0.25) is 0 Å². The van der Waals surface area contributed by atoms with E-state index in [0.29, 0.717) is 12.1 Å². The highest BCUT2D eigenvalue weighted by molar-refractivity contribution is 6.39. The van der Waals surface area contributed by atoms with Crippen LogP contribution in [0.2, 0.25) is 10.0 Å². The van der Waals surface area contributed by atoms with E-state index in [4.69, 9.17) is 28.9 Å². The van der Waals surface area contributed by atoms with Gasteiger partial charge in [-0.15, -0.1) is 0 Å². The number of nitrogen functional groups attached to an aromatic ring is 1. The van der Waals surface area contributed by atoms with Crippen molar-refractivity contribution in [2.75, 3.05) is 19.3 Å². The zero-order valence-corrected chi connectivity index (χ0v) is 12.8. The van der Waals surface area contributed by atoms with Crippen molar-refractivity contribution >= 4 is 34.8 Å². The number of carbonyl (C=O) groups is 1. The minimum atomic E-state index is -0.772. The molecule has 0 saturated heterocycles. The number of carbonyl (C=O) groups excluding carboxylic acids is 1. The summed E-state index contributed by atoms with van der Waals surface area (Å²) in [6.07, 6.45) is 3.46. The third-order valence-electron chi connectivity index (χ3n) is 3.74. The Kier molecular flexibility index (Phi) is 4.47. The SMILES string of the molecule is CN(CC1(O)CCCC1)C(=O)c1cc(Cl)c(N)c(Cl)c1. The van der Waals surface area contributed by atoms with Crippen molar-refractivity contribution in [3.05, 3.63) is 27.7 Å². The highest BCUT2D eigenvalue weighted by atomic mass is 35.5. The number of hydrogen-bond acceptors (Lipinski definition) is 3. The molecule has 20 heavy (non-hydrogen) atoms. The van der Waals surface area contributed by atoms with Gasteiger partial charge in [0.15, 0.2) is 0 Å². The van der Waals surface area contributed by atoms with Crippen LogP contribution >= 0.6 is 23.2 Å². The van der Waals surface area contributed by atoms with E-state index in [1.807, 2.05) is 0 Å². The molecule has 1 aromatic rings. The molecule has 6 heteroatoms. The Hall–Kier alpha value is -0.970. The summed E-state index contributed by atoms with van der Waals surface area (Å²) < 4.78 is 0. The molecule has 1 fully saturated rings. The lowest BCUT2D eigenvalue weighted by molar-refractivity contribution is 0.0157. The van der Waals surface area contributed by atoms with Crippen LogP contribution in [-0.4, -0.2) is 35.1 Å². The Labute approximate surface area is 128 Å². The molecule has 0 bridgehead atoms. The number of hydrogen-bond donors (Lipinski definition) is 2. The van der Waals surface area contributed by atoms with Gasteiger partial charge in [0.25, 0.3) is 5.91 Å². The fourth-order valence-electron chi connectivity index (χ4n) is 2.63. The average Bonchev–Trinajstić information content (AvgIpc) is 2.80. The van der Waals surface area contributed by atoms with Gasteiger partial charge in [-0.1, -0.05) is 36.0 Å². The Morgan fingerprint density at radius 1 is 1.35 bits per heavy atom. The summed E-state index contributed by atoms with van der Waals surface area (Å²) in [6, 6.07) is 3.00. The monoisotopic (exact) mass is 316 g/mol. The predicted octanol–water partition coefficient (Wildman–Crippen LogP) is 2.95. The summed E-state index contributed by atoms with van der Waals surface area (Å²) >= 11 is 11.9. The van der Waals surface area contributed by atoms with Crippen LogP contribution in [0.4, 0.5) is 5.69 Å². The van der Waals surface area contributed by atoms with E-state index in [2.05, 4.69) is 0 Å². The highest BCUT2D eigenvalue weighted by Crippen LogP contribution is 2.32. The van der Waals surface area contributed by atoms with E-state index in [0.717, 1.165) is 25.7 Å². The van der Waals surface area contributed by atoms with E-state index < -0.39 is 5.60 Å². The smallest absolute Gasteiger partial charge is 0.253 e. The largest absolute Gasteiger partial charge is 0.396 e.